The third kappa shape index (κ3) is 4.19. The molecule has 2 aromatic heterocycles. The average Bonchev–Trinajstić information content (AvgIpc) is 3.03. The summed E-state index contributed by atoms with van der Waals surface area (Å²) in [6, 6.07) is 38.1. The van der Waals surface area contributed by atoms with Crippen LogP contribution in [0.5, 0.6) is 0 Å². The third-order valence-corrected chi connectivity index (χ3v) is 7.28. The molecule has 0 spiro atoms. The fourth-order valence-corrected chi connectivity index (χ4v) is 5.23. The van der Waals surface area contributed by atoms with E-state index < -0.39 is 6.04 Å². The van der Waals surface area contributed by atoms with Crippen LogP contribution >= 0.6 is 0 Å². The van der Waals surface area contributed by atoms with E-state index in [2.05, 4.69) is 36.4 Å². The number of hydrogen-bond donors (Lipinski definition) is 2. The molecule has 190 valence electrons. The molecule has 1 atom stereocenters. The van der Waals surface area contributed by atoms with E-state index in [0.29, 0.717) is 11.5 Å². The second-order valence-electron chi connectivity index (χ2n) is 9.84. The molecule has 1 unspecified atom stereocenters. The van der Waals surface area contributed by atoms with Gasteiger partial charge in [0, 0.05) is 38.8 Å². The zero-order valence-electron chi connectivity index (χ0n) is 21.6. The first-order valence-electron chi connectivity index (χ1n) is 13.2. The zero-order valence-corrected chi connectivity index (χ0v) is 21.6. The van der Waals surface area contributed by atoms with Crippen molar-refractivity contribution in [2.45, 2.75) is 6.04 Å². The number of para-hydroxylation sites is 1. The summed E-state index contributed by atoms with van der Waals surface area (Å²) in [6.07, 6.45) is 3.87. The SMILES string of the molecule is N=C1c2c(c(-c3ccc(-c4cc(-c5ccccc5)nc(-c5ccccc5)n4)cc3)nc3ccccc23)C=CC1N. The summed E-state index contributed by atoms with van der Waals surface area (Å²) in [5.74, 6) is 0.686. The number of nitrogens with one attached hydrogen (secondary N) is 1. The number of fused-ring (bicyclic) bond motifs is 3. The van der Waals surface area contributed by atoms with Gasteiger partial charge in [0.15, 0.2) is 5.82 Å². The Balaban J connectivity index is 1.35. The van der Waals surface area contributed by atoms with Gasteiger partial charge in [0.25, 0.3) is 0 Å². The Morgan fingerprint density at radius 2 is 1.18 bits per heavy atom. The molecule has 0 aliphatic heterocycles. The molecule has 0 radical (unpaired) electrons. The zero-order chi connectivity index (χ0) is 27.1. The van der Waals surface area contributed by atoms with Crippen LogP contribution in [0.1, 0.15) is 11.1 Å². The van der Waals surface area contributed by atoms with Crippen molar-refractivity contribution in [3.8, 4) is 45.2 Å². The number of rotatable bonds is 4. The van der Waals surface area contributed by atoms with Crippen LogP contribution < -0.4 is 5.73 Å². The Kier molecular flexibility index (Phi) is 5.84. The summed E-state index contributed by atoms with van der Waals surface area (Å²) in [4.78, 5) is 14.9. The minimum Gasteiger partial charge on any atom is -0.319 e. The lowest BCUT2D eigenvalue weighted by atomic mass is 9.87. The van der Waals surface area contributed by atoms with Gasteiger partial charge >= 0.3 is 0 Å². The Morgan fingerprint density at radius 3 is 1.88 bits per heavy atom. The lowest BCUT2D eigenvalue weighted by Crippen LogP contribution is -2.31. The summed E-state index contributed by atoms with van der Waals surface area (Å²) in [6.45, 7) is 0. The van der Waals surface area contributed by atoms with Crippen LogP contribution in [0.25, 0.3) is 62.1 Å². The van der Waals surface area contributed by atoms with E-state index >= 15 is 0 Å². The van der Waals surface area contributed by atoms with Crippen molar-refractivity contribution in [3.05, 3.63) is 132 Å². The minimum absolute atomic E-state index is 0.414. The molecule has 6 aromatic rings. The van der Waals surface area contributed by atoms with Crippen molar-refractivity contribution < 1.29 is 0 Å². The Morgan fingerprint density at radius 1 is 0.600 bits per heavy atom. The van der Waals surface area contributed by atoms with Crippen molar-refractivity contribution in [1.82, 2.24) is 15.0 Å². The first kappa shape index (κ1) is 23.8. The van der Waals surface area contributed by atoms with Crippen LogP contribution in [0.3, 0.4) is 0 Å². The number of nitrogens with zero attached hydrogens (tertiary/aromatic N) is 3. The molecule has 3 N–H and O–H groups in total. The molecule has 0 fully saturated rings. The molecule has 4 aromatic carbocycles. The van der Waals surface area contributed by atoms with Crippen LogP contribution in [0.15, 0.2) is 121 Å². The van der Waals surface area contributed by atoms with Gasteiger partial charge < -0.3 is 11.1 Å². The number of hydrogen-bond acceptors (Lipinski definition) is 5. The van der Waals surface area contributed by atoms with Gasteiger partial charge in [-0.3, -0.25) is 0 Å². The number of nitrogens with two attached hydrogens (primary N) is 1. The van der Waals surface area contributed by atoms with Crippen LogP contribution in [-0.2, 0) is 0 Å². The average molecular weight is 516 g/mol. The van der Waals surface area contributed by atoms with Crippen molar-refractivity contribution in [2.24, 2.45) is 5.73 Å². The maximum absolute atomic E-state index is 8.73. The van der Waals surface area contributed by atoms with Gasteiger partial charge in [0.05, 0.1) is 34.4 Å². The van der Waals surface area contributed by atoms with Gasteiger partial charge in [-0.1, -0.05) is 115 Å². The highest BCUT2D eigenvalue weighted by Crippen LogP contribution is 2.35. The monoisotopic (exact) mass is 515 g/mol. The summed E-state index contributed by atoms with van der Waals surface area (Å²) >= 11 is 0. The summed E-state index contributed by atoms with van der Waals surface area (Å²) in [7, 11) is 0. The standard InChI is InChI=1S/C35H25N5/c36-28-20-19-27-32(33(28)37)26-13-7-8-14-29(26)38-34(27)24-17-15-23(16-18-24)31-21-30(22-9-3-1-4-10-22)39-35(40-31)25-11-5-2-6-12-25/h1-21,28,37H,36H2. The van der Waals surface area contributed by atoms with Gasteiger partial charge in [-0.05, 0) is 12.1 Å². The van der Waals surface area contributed by atoms with Crippen LogP contribution in [0, 0.1) is 5.41 Å². The lowest BCUT2D eigenvalue weighted by molar-refractivity contribution is 1.06. The van der Waals surface area contributed by atoms with Crippen molar-refractivity contribution >= 4 is 22.7 Å². The van der Waals surface area contributed by atoms with E-state index in [1.807, 2.05) is 91.0 Å². The molecular weight excluding hydrogens is 490 g/mol. The number of benzene rings is 4. The van der Waals surface area contributed by atoms with Gasteiger partial charge in [0.1, 0.15) is 0 Å². The normalized spacial score (nSPS) is 14.3. The first-order valence-corrected chi connectivity index (χ1v) is 13.2. The van der Waals surface area contributed by atoms with Gasteiger partial charge in [-0.25, -0.2) is 15.0 Å². The second kappa shape index (κ2) is 9.80. The fourth-order valence-electron chi connectivity index (χ4n) is 5.23. The molecule has 1 aliphatic rings. The van der Waals surface area contributed by atoms with E-state index in [1.54, 1.807) is 0 Å². The van der Waals surface area contributed by atoms with Crippen molar-refractivity contribution in [2.75, 3.05) is 0 Å². The molecule has 40 heavy (non-hydrogen) atoms. The predicted molar refractivity (Wildman–Crippen MR) is 163 cm³/mol. The molecule has 0 bridgehead atoms. The fraction of sp³-hybridized carbons (Fsp3) is 0.0286. The number of pyridine rings is 1. The van der Waals surface area contributed by atoms with E-state index in [1.165, 1.54) is 0 Å². The molecular formula is C35H25N5. The van der Waals surface area contributed by atoms with E-state index in [4.69, 9.17) is 26.1 Å². The number of aromatic nitrogens is 3. The highest BCUT2D eigenvalue weighted by molar-refractivity contribution is 6.17. The Hall–Kier alpha value is -5.26. The Labute approximate surface area is 232 Å². The lowest BCUT2D eigenvalue weighted by Gasteiger charge is -2.22. The molecule has 7 rings (SSSR count). The van der Waals surface area contributed by atoms with Crippen molar-refractivity contribution in [1.29, 1.82) is 5.41 Å². The maximum Gasteiger partial charge on any atom is 0.160 e. The second-order valence-corrected chi connectivity index (χ2v) is 9.84. The highest BCUT2D eigenvalue weighted by Gasteiger charge is 2.24. The first-order chi connectivity index (χ1) is 19.7. The maximum atomic E-state index is 8.73. The summed E-state index contributed by atoms with van der Waals surface area (Å²) in [5, 5.41) is 9.68. The quantitative estimate of drug-likeness (QED) is 0.256. The largest absolute Gasteiger partial charge is 0.319 e. The van der Waals surface area contributed by atoms with Gasteiger partial charge in [-0.15, -0.1) is 0 Å². The predicted octanol–water partition coefficient (Wildman–Crippen LogP) is 7.41. The third-order valence-electron chi connectivity index (χ3n) is 7.28. The van der Waals surface area contributed by atoms with E-state index in [9.17, 15) is 0 Å². The summed E-state index contributed by atoms with van der Waals surface area (Å²) < 4.78 is 0. The molecule has 0 saturated carbocycles. The summed E-state index contributed by atoms with van der Waals surface area (Å²) in [5.41, 5.74) is 15.8. The van der Waals surface area contributed by atoms with E-state index in [-0.39, 0.29) is 0 Å². The smallest absolute Gasteiger partial charge is 0.160 e. The van der Waals surface area contributed by atoms with Crippen molar-refractivity contribution in [3.63, 3.8) is 0 Å². The molecule has 2 heterocycles. The van der Waals surface area contributed by atoms with Gasteiger partial charge in [-0.2, -0.15) is 0 Å². The van der Waals surface area contributed by atoms with Gasteiger partial charge in [0.2, 0.25) is 0 Å². The highest BCUT2D eigenvalue weighted by atomic mass is 14.9. The molecule has 0 saturated heterocycles. The van der Waals surface area contributed by atoms with Crippen LogP contribution in [0.2, 0.25) is 0 Å². The molecule has 0 amide bonds. The Bertz CT molecular complexity index is 1850. The van der Waals surface area contributed by atoms with Crippen LogP contribution in [0.4, 0.5) is 0 Å². The molecule has 5 nitrogen and oxygen atoms in total. The molecule has 5 heteroatoms. The van der Waals surface area contributed by atoms with Crippen LogP contribution in [-0.4, -0.2) is 26.7 Å². The minimum atomic E-state index is -0.427. The molecule has 1 aliphatic carbocycles. The topological polar surface area (TPSA) is 88.5 Å². The van der Waals surface area contributed by atoms with E-state index in [0.717, 1.165) is 61.4 Å².